The molecule has 2 rings (SSSR count). The van der Waals surface area contributed by atoms with Gasteiger partial charge < -0.3 is 0 Å². The molecule has 0 aliphatic heterocycles. The smallest absolute Gasteiger partial charge is 0.166 e. The summed E-state index contributed by atoms with van der Waals surface area (Å²) < 4.78 is 26.6. The summed E-state index contributed by atoms with van der Waals surface area (Å²) in [7, 11) is 0. The minimum absolute atomic E-state index is 0.357. The number of benzene rings is 1. The van der Waals surface area contributed by atoms with E-state index in [1.807, 2.05) is 0 Å². The van der Waals surface area contributed by atoms with Gasteiger partial charge in [-0.2, -0.15) is 0 Å². The quantitative estimate of drug-likeness (QED) is 0.665. The lowest BCUT2D eigenvalue weighted by atomic mass is 9.80. The van der Waals surface area contributed by atoms with Gasteiger partial charge in [0.25, 0.3) is 0 Å². The van der Waals surface area contributed by atoms with Gasteiger partial charge in [0, 0.05) is 5.56 Å². The Morgan fingerprint density at radius 3 is 2.58 bits per heavy atom. The summed E-state index contributed by atoms with van der Waals surface area (Å²) in [5.74, 6) is -0.108. The van der Waals surface area contributed by atoms with Gasteiger partial charge in [0.1, 0.15) is 0 Å². The third kappa shape index (κ3) is 3.89. The molecule has 0 amide bonds. The Kier molecular flexibility index (Phi) is 5.12. The Morgan fingerprint density at radius 1 is 1.16 bits per heavy atom. The van der Waals surface area contributed by atoms with E-state index in [1.165, 1.54) is 38.5 Å². The fraction of sp³-hybridized carbons (Fsp3) is 0.529. The van der Waals surface area contributed by atoms with Crippen LogP contribution in [0.15, 0.2) is 24.3 Å². The summed E-state index contributed by atoms with van der Waals surface area (Å²) in [6.45, 7) is 2.23. The zero-order valence-corrected chi connectivity index (χ0v) is 11.5. The summed E-state index contributed by atoms with van der Waals surface area (Å²) >= 11 is 0. The predicted octanol–water partition coefficient (Wildman–Crippen LogP) is 5.58. The van der Waals surface area contributed by atoms with Crippen LogP contribution in [-0.2, 0) is 0 Å². The SMILES string of the molecule is CCCC1CCC(C=Cc2cccc(F)c2F)CC1. The fourth-order valence-corrected chi connectivity index (χ4v) is 2.97. The molecule has 0 bridgehead atoms. The van der Waals surface area contributed by atoms with Crippen LogP contribution < -0.4 is 0 Å². The largest absolute Gasteiger partial charge is 0.204 e. The molecular formula is C17H22F2. The first-order valence-corrected chi connectivity index (χ1v) is 7.33. The van der Waals surface area contributed by atoms with Crippen molar-refractivity contribution in [3.63, 3.8) is 0 Å². The van der Waals surface area contributed by atoms with E-state index in [9.17, 15) is 8.78 Å². The standard InChI is InChI=1S/C17H22F2/c1-2-4-13-7-9-14(10-8-13)11-12-15-5-3-6-16(18)17(15)19/h3,5-6,11-14H,2,4,7-10H2,1H3. The summed E-state index contributed by atoms with van der Waals surface area (Å²) in [5.41, 5.74) is 0.357. The molecule has 0 N–H and O–H groups in total. The Hall–Kier alpha value is -1.18. The van der Waals surface area contributed by atoms with E-state index in [1.54, 1.807) is 18.2 Å². The van der Waals surface area contributed by atoms with Crippen molar-refractivity contribution in [3.05, 3.63) is 41.5 Å². The van der Waals surface area contributed by atoms with Crippen LogP contribution >= 0.6 is 0 Å². The third-order valence-electron chi connectivity index (χ3n) is 4.12. The molecule has 1 aliphatic rings. The van der Waals surface area contributed by atoms with Gasteiger partial charge in [-0.15, -0.1) is 0 Å². The summed E-state index contributed by atoms with van der Waals surface area (Å²) in [5, 5.41) is 0. The average Bonchev–Trinajstić information content (AvgIpc) is 2.42. The molecule has 1 saturated carbocycles. The highest BCUT2D eigenvalue weighted by Crippen LogP contribution is 2.32. The van der Waals surface area contributed by atoms with Crippen molar-refractivity contribution < 1.29 is 8.78 Å². The normalized spacial score (nSPS) is 23.9. The Morgan fingerprint density at radius 2 is 1.89 bits per heavy atom. The molecule has 0 nitrogen and oxygen atoms in total. The van der Waals surface area contributed by atoms with Crippen LogP contribution in [0.25, 0.3) is 6.08 Å². The number of allylic oxidation sites excluding steroid dienone is 1. The van der Waals surface area contributed by atoms with E-state index < -0.39 is 11.6 Å². The Labute approximate surface area is 114 Å². The molecule has 1 aromatic carbocycles. The molecule has 0 unspecified atom stereocenters. The maximum Gasteiger partial charge on any atom is 0.166 e. The highest BCUT2D eigenvalue weighted by molar-refractivity contribution is 5.50. The monoisotopic (exact) mass is 264 g/mol. The predicted molar refractivity (Wildman–Crippen MR) is 75.7 cm³/mol. The van der Waals surface area contributed by atoms with Gasteiger partial charge in [-0.05, 0) is 43.6 Å². The molecule has 19 heavy (non-hydrogen) atoms. The van der Waals surface area contributed by atoms with E-state index in [2.05, 4.69) is 13.0 Å². The van der Waals surface area contributed by atoms with E-state index in [-0.39, 0.29) is 0 Å². The molecule has 0 radical (unpaired) electrons. The van der Waals surface area contributed by atoms with Gasteiger partial charge in [0.05, 0.1) is 0 Å². The molecule has 1 fully saturated rings. The molecule has 0 heterocycles. The third-order valence-corrected chi connectivity index (χ3v) is 4.12. The first-order chi connectivity index (χ1) is 9.20. The van der Waals surface area contributed by atoms with Gasteiger partial charge in [-0.25, -0.2) is 8.78 Å². The summed E-state index contributed by atoms with van der Waals surface area (Å²) in [6, 6.07) is 4.33. The maximum absolute atomic E-state index is 13.5. The number of hydrogen-bond donors (Lipinski definition) is 0. The lowest BCUT2D eigenvalue weighted by Crippen LogP contribution is -2.12. The fourth-order valence-electron chi connectivity index (χ4n) is 2.97. The highest BCUT2D eigenvalue weighted by atomic mass is 19.2. The average molecular weight is 264 g/mol. The van der Waals surface area contributed by atoms with Crippen LogP contribution in [0.5, 0.6) is 0 Å². The van der Waals surface area contributed by atoms with Crippen molar-refractivity contribution in [2.45, 2.75) is 45.4 Å². The van der Waals surface area contributed by atoms with Gasteiger partial charge >= 0.3 is 0 Å². The van der Waals surface area contributed by atoms with Gasteiger partial charge in [-0.3, -0.25) is 0 Å². The second-order valence-corrected chi connectivity index (χ2v) is 5.57. The number of rotatable bonds is 4. The van der Waals surface area contributed by atoms with Gasteiger partial charge in [0.2, 0.25) is 0 Å². The van der Waals surface area contributed by atoms with Crippen LogP contribution in [0, 0.1) is 23.5 Å². The van der Waals surface area contributed by atoms with Crippen LogP contribution in [-0.4, -0.2) is 0 Å². The summed E-state index contributed by atoms with van der Waals surface area (Å²) in [4.78, 5) is 0. The minimum Gasteiger partial charge on any atom is -0.204 e. The molecule has 1 aromatic rings. The second kappa shape index (κ2) is 6.83. The molecule has 0 saturated heterocycles. The molecule has 2 heteroatoms. The molecule has 104 valence electrons. The first kappa shape index (κ1) is 14.2. The van der Waals surface area contributed by atoms with Crippen molar-refractivity contribution in [1.29, 1.82) is 0 Å². The molecule has 0 atom stereocenters. The van der Waals surface area contributed by atoms with Crippen molar-refractivity contribution in [2.24, 2.45) is 11.8 Å². The maximum atomic E-state index is 13.5. The molecule has 0 spiro atoms. The van der Waals surface area contributed by atoms with Crippen LogP contribution in [0.3, 0.4) is 0 Å². The van der Waals surface area contributed by atoms with E-state index in [0.717, 1.165) is 12.0 Å². The van der Waals surface area contributed by atoms with E-state index in [0.29, 0.717) is 11.5 Å². The van der Waals surface area contributed by atoms with Crippen LogP contribution in [0.2, 0.25) is 0 Å². The van der Waals surface area contributed by atoms with Crippen molar-refractivity contribution in [3.8, 4) is 0 Å². The van der Waals surface area contributed by atoms with Crippen LogP contribution in [0.4, 0.5) is 8.78 Å². The van der Waals surface area contributed by atoms with E-state index >= 15 is 0 Å². The Balaban J connectivity index is 1.91. The zero-order chi connectivity index (χ0) is 13.7. The Bertz CT molecular complexity index is 429. The molecular weight excluding hydrogens is 242 g/mol. The number of hydrogen-bond acceptors (Lipinski definition) is 0. The van der Waals surface area contributed by atoms with Crippen molar-refractivity contribution >= 4 is 6.08 Å². The topological polar surface area (TPSA) is 0 Å². The van der Waals surface area contributed by atoms with Crippen molar-refractivity contribution in [2.75, 3.05) is 0 Å². The summed E-state index contributed by atoms with van der Waals surface area (Å²) in [6.07, 6.45) is 11.3. The van der Waals surface area contributed by atoms with Crippen LogP contribution in [0.1, 0.15) is 51.0 Å². The first-order valence-electron chi connectivity index (χ1n) is 7.33. The molecule has 1 aliphatic carbocycles. The van der Waals surface area contributed by atoms with Gasteiger partial charge in [-0.1, -0.05) is 44.1 Å². The van der Waals surface area contributed by atoms with E-state index in [4.69, 9.17) is 0 Å². The lowest BCUT2D eigenvalue weighted by molar-refractivity contribution is 0.295. The molecule has 0 aromatic heterocycles. The number of halogens is 2. The minimum atomic E-state index is -0.770. The lowest BCUT2D eigenvalue weighted by Gasteiger charge is -2.26. The second-order valence-electron chi connectivity index (χ2n) is 5.57. The van der Waals surface area contributed by atoms with Crippen molar-refractivity contribution in [1.82, 2.24) is 0 Å². The van der Waals surface area contributed by atoms with Gasteiger partial charge in [0.15, 0.2) is 11.6 Å². The highest BCUT2D eigenvalue weighted by Gasteiger charge is 2.18. The zero-order valence-electron chi connectivity index (χ0n) is 11.5.